The molecule has 0 spiro atoms. The Balaban J connectivity index is 1.40. The van der Waals surface area contributed by atoms with Gasteiger partial charge in [0.25, 0.3) is 12.3 Å². The molecular formula is C23H22F8N8O3. The minimum absolute atomic E-state index is 0.0539. The van der Waals surface area contributed by atoms with Crippen molar-refractivity contribution in [2.24, 2.45) is 5.92 Å². The molecule has 2 fully saturated rings. The number of fused-ring (bicyclic) bond motifs is 1. The first-order valence-electron chi connectivity index (χ1n) is 12.6. The van der Waals surface area contributed by atoms with E-state index in [0.29, 0.717) is 5.56 Å². The van der Waals surface area contributed by atoms with Crippen LogP contribution in [0, 0.1) is 5.92 Å². The van der Waals surface area contributed by atoms with Gasteiger partial charge in [-0.1, -0.05) is 5.16 Å². The molecule has 2 aliphatic rings. The number of halogens is 8. The summed E-state index contributed by atoms with van der Waals surface area (Å²) < 4.78 is 112. The Labute approximate surface area is 230 Å². The zero-order chi connectivity index (χ0) is 30.4. The molecule has 5 rings (SSSR count). The summed E-state index contributed by atoms with van der Waals surface area (Å²) >= 11 is 0. The third kappa shape index (κ3) is 6.08. The third-order valence-electron chi connectivity index (χ3n) is 7.20. The zero-order valence-electron chi connectivity index (χ0n) is 21.3. The van der Waals surface area contributed by atoms with E-state index in [1.807, 2.05) is 5.32 Å². The summed E-state index contributed by atoms with van der Waals surface area (Å²) in [5.41, 5.74) is -1.27. The number of hydrogen-bond acceptors (Lipinski definition) is 7. The van der Waals surface area contributed by atoms with Gasteiger partial charge in [-0.3, -0.25) is 4.79 Å². The second-order valence-corrected chi connectivity index (χ2v) is 10.1. The topological polar surface area (TPSA) is 131 Å². The average molecular weight is 610 g/mol. The van der Waals surface area contributed by atoms with E-state index in [9.17, 15) is 44.7 Å². The third-order valence-corrected chi connectivity index (χ3v) is 7.20. The molecule has 3 atom stereocenters. The van der Waals surface area contributed by atoms with Crippen LogP contribution in [0.25, 0.3) is 5.65 Å². The van der Waals surface area contributed by atoms with E-state index < -0.39 is 85.4 Å². The van der Waals surface area contributed by atoms with Crippen LogP contribution in [0.1, 0.15) is 65.3 Å². The van der Waals surface area contributed by atoms with Crippen molar-refractivity contribution >= 4 is 17.6 Å². The van der Waals surface area contributed by atoms with Crippen LogP contribution in [-0.2, 0) is 6.54 Å². The lowest BCUT2D eigenvalue weighted by molar-refractivity contribution is -0.149. The van der Waals surface area contributed by atoms with Gasteiger partial charge in [0, 0.05) is 19.4 Å². The fourth-order valence-corrected chi connectivity index (χ4v) is 4.99. The highest BCUT2D eigenvalue weighted by molar-refractivity contribution is 5.93. The Morgan fingerprint density at radius 2 is 1.90 bits per heavy atom. The molecule has 1 saturated carbocycles. The minimum atomic E-state index is -4.62. The van der Waals surface area contributed by atoms with E-state index in [2.05, 4.69) is 30.3 Å². The van der Waals surface area contributed by atoms with E-state index in [-0.39, 0.29) is 30.7 Å². The Hall–Kier alpha value is -4.06. The number of rotatable bonds is 8. The molecule has 3 aromatic heterocycles. The smallest absolute Gasteiger partial charge is 0.342 e. The molecule has 1 unspecified atom stereocenters. The standard InChI is InChI=1S/C23H22F8N8O3/c24-15(19(25)26)17-18(37-42-36-17)20(40)35-16(11-1-3-22(27,28)4-2-11)12-8-39-14(33-12)5-10(6-32-39)7-38-9-13(23(29,30)31)34-21(38)41/h5-6,8,11,13,15-16,19H,1-4,7,9H2,(H,34,41)(H,35,40)/t13-,15?,16-/m0/s1. The molecule has 228 valence electrons. The van der Waals surface area contributed by atoms with Crippen LogP contribution < -0.4 is 10.6 Å². The Bertz CT molecular complexity index is 1450. The summed E-state index contributed by atoms with van der Waals surface area (Å²) in [6.45, 7) is -0.837. The minimum Gasteiger partial charge on any atom is -0.342 e. The van der Waals surface area contributed by atoms with Crippen molar-refractivity contribution in [1.82, 2.24) is 40.4 Å². The number of urea groups is 1. The molecular weight excluding hydrogens is 588 g/mol. The highest BCUT2D eigenvalue weighted by Crippen LogP contribution is 2.41. The monoisotopic (exact) mass is 610 g/mol. The second-order valence-electron chi connectivity index (χ2n) is 10.1. The van der Waals surface area contributed by atoms with Crippen LogP contribution in [0.3, 0.4) is 0 Å². The van der Waals surface area contributed by atoms with Gasteiger partial charge >= 0.3 is 12.2 Å². The predicted molar refractivity (Wildman–Crippen MR) is 123 cm³/mol. The van der Waals surface area contributed by atoms with Gasteiger partial charge < -0.3 is 15.5 Å². The van der Waals surface area contributed by atoms with E-state index >= 15 is 0 Å². The maximum absolute atomic E-state index is 14.0. The summed E-state index contributed by atoms with van der Waals surface area (Å²) in [5, 5.41) is 14.8. The molecule has 1 aliphatic heterocycles. The number of amides is 3. The van der Waals surface area contributed by atoms with Gasteiger partial charge in [0.15, 0.2) is 17.0 Å². The molecule has 0 bridgehead atoms. The van der Waals surface area contributed by atoms with Crippen LogP contribution in [0.4, 0.5) is 39.9 Å². The van der Waals surface area contributed by atoms with Crippen LogP contribution in [0.2, 0.25) is 0 Å². The average Bonchev–Trinajstić information content (AvgIpc) is 3.65. The highest BCUT2D eigenvalue weighted by Gasteiger charge is 2.47. The number of hydrogen-bond donors (Lipinski definition) is 2. The van der Waals surface area contributed by atoms with Crippen LogP contribution >= 0.6 is 0 Å². The van der Waals surface area contributed by atoms with Crippen molar-refractivity contribution < 1.29 is 49.3 Å². The van der Waals surface area contributed by atoms with Gasteiger partial charge in [-0.25, -0.2) is 40.9 Å². The van der Waals surface area contributed by atoms with Gasteiger partial charge in [0.1, 0.15) is 6.04 Å². The van der Waals surface area contributed by atoms with Crippen molar-refractivity contribution in [2.45, 2.75) is 69.0 Å². The molecule has 1 aliphatic carbocycles. The quantitative estimate of drug-likeness (QED) is 0.367. The maximum atomic E-state index is 14.0. The molecule has 19 heteroatoms. The number of alkyl halides is 8. The molecule has 2 N–H and O–H groups in total. The number of aromatic nitrogens is 5. The molecule has 0 aromatic carbocycles. The van der Waals surface area contributed by atoms with Crippen LogP contribution in [0.5, 0.6) is 0 Å². The lowest BCUT2D eigenvalue weighted by Gasteiger charge is -2.33. The first-order valence-corrected chi connectivity index (χ1v) is 12.6. The SMILES string of the molecule is O=C(N[C@H](c1cn2ncc(CN3C[C@@H](C(F)(F)F)NC3=O)cc2n1)C1CCC(F)(F)CC1)c1nonc1C(F)C(F)F. The molecule has 11 nitrogen and oxygen atoms in total. The molecule has 42 heavy (non-hydrogen) atoms. The van der Waals surface area contributed by atoms with Crippen molar-refractivity contribution in [3.8, 4) is 0 Å². The Kier molecular flexibility index (Phi) is 7.69. The van der Waals surface area contributed by atoms with E-state index in [1.165, 1.54) is 23.0 Å². The van der Waals surface area contributed by atoms with Gasteiger partial charge in [-0.05, 0) is 35.5 Å². The molecule has 1 saturated heterocycles. The Morgan fingerprint density at radius 1 is 1.19 bits per heavy atom. The molecule has 3 aromatic rings. The fraction of sp³-hybridized carbons (Fsp3) is 0.565. The van der Waals surface area contributed by atoms with Gasteiger partial charge in [0.2, 0.25) is 12.1 Å². The summed E-state index contributed by atoms with van der Waals surface area (Å²) in [6.07, 6.45) is -9.55. The maximum Gasteiger partial charge on any atom is 0.410 e. The summed E-state index contributed by atoms with van der Waals surface area (Å²) in [4.78, 5) is 30.4. The Morgan fingerprint density at radius 3 is 2.55 bits per heavy atom. The van der Waals surface area contributed by atoms with Crippen LogP contribution in [-0.4, -0.2) is 72.9 Å². The summed E-state index contributed by atoms with van der Waals surface area (Å²) in [7, 11) is 0. The van der Waals surface area contributed by atoms with Crippen molar-refractivity contribution in [2.75, 3.05) is 6.54 Å². The highest BCUT2D eigenvalue weighted by atomic mass is 19.4. The number of carbonyl (C=O) groups is 2. The number of nitrogens with zero attached hydrogens (tertiary/aromatic N) is 6. The lowest BCUT2D eigenvalue weighted by atomic mass is 9.81. The van der Waals surface area contributed by atoms with Crippen molar-refractivity contribution in [3.05, 3.63) is 41.1 Å². The molecule has 4 heterocycles. The number of nitrogens with one attached hydrogen (secondary N) is 2. The zero-order valence-corrected chi connectivity index (χ0v) is 21.3. The van der Waals surface area contributed by atoms with Gasteiger partial charge in [-0.15, -0.1) is 0 Å². The number of carbonyl (C=O) groups excluding carboxylic acids is 2. The first kappa shape index (κ1) is 29.4. The molecule has 3 amide bonds. The summed E-state index contributed by atoms with van der Waals surface area (Å²) in [6, 6.07) is -2.58. The van der Waals surface area contributed by atoms with Gasteiger partial charge in [0.05, 0.1) is 30.7 Å². The van der Waals surface area contributed by atoms with Crippen molar-refractivity contribution in [1.29, 1.82) is 0 Å². The fourth-order valence-electron chi connectivity index (χ4n) is 4.99. The normalized spacial score (nSPS) is 21.1. The van der Waals surface area contributed by atoms with E-state index in [4.69, 9.17) is 0 Å². The molecule has 0 radical (unpaired) electrons. The van der Waals surface area contributed by atoms with E-state index in [1.54, 1.807) is 0 Å². The van der Waals surface area contributed by atoms with Gasteiger partial charge in [-0.2, -0.15) is 18.3 Å². The number of imidazole rings is 1. The van der Waals surface area contributed by atoms with Crippen LogP contribution in [0.15, 0.2) is 23.1 Å². The second kappa shape index (κ2) is 11.0. The van der Waals surface area contributed by atoms with E-state index in [0.717, 1.165) is 4.90 Å². The first-order chi connectivity index (χ1) is 19.7. The predicted octanol–water partition coefficient (Wildman–Crippen LogP) is 4.14. The summed E-state index contributed by atoms with van der Waals surface area (Å²) in [5.74, 6) is -4.68. The largest absolute Gasteiger partial charge is 0.410 e. The lowest BCUT2D eigenvalue weighted by Crippen LogP contribution is -2.40. The van der Waals surface area contributed by atoms with Crippen molar-refractivity contribution in [3.63, 3.8) is 0 Å².